The molecule has 0 aliphatic carbocycles. The molecule has 34 heavy (non-hydrogen) atoms. The quantitative estimate of drug-likeness (QED) is 0.451. The van der Waals surface area contributed by atoms with Crippen LogP contribution in [-0.2, 0) is 25.6 Å². The van der Waals surface area contributed by atoms with Gasteiger partial charge >= 0.3 is 10.1 Å². The Labute approximate surface area is 199 Å². The molecule has 0 saturated heterocycles. The molecule has 1 amide bonds. The van der Waals surface area contributed by atoms with E-state index in [9.17, 15) is 13.2 Å². The average molecular weight is 480 g/mol. The molecule has 0 unspecified atom stereocenters. The van der Waals surface area contributed by atoms with Gasteiger partial charge in [0.1, 0.15) is 4.90 Å². The van der Waals surface area contributed by atoms with E-state index in [-0.39, 0.29) is 35.2 Å². The van der Waals surface area contributed by atoms with Crippen LogP contribution in [0.25, 0.3) is 5.57 Å². The van der Waals surface area contributed by atoms with Crippen LogP contribution in [0.2, 0.25) is 0 Å². The van der Waals surface area contributed by atoms with Crippen molar-refractivity contribution in [3.63, 3.8) is 0 Å². The SMILES string of the molecule is COc1ccc(CN2CC(OS(=O)(=O)c3ccc(C)cc3)=C(c3ccccc3)C2=O)cc1OC. The van der Waals surface area contributed by atoms with Gasteiger partial charge in [-0.25, -0.2) is 0 Å². The van der Waals surface area contributed by atoms with Gasteiger partial charge in [0.15, 0.2) is 17.3 Å². The molecule has 0 N–H and O–H groups in total. The summed E-state index contributed by atoms with van der Waals surface area (Å²) in [6.07, 6.45) is 0. The molecule has 1 heterocycles. The number of hydrogen-bond donors (Lipinski definition) is 0. The second kappa shape index (κ2) is 9.61. The third-order valence-corrected chi connectivity index (χ3v) is 6.79. The Morgan fingerprint density at radius 2 is 1.56 bits per heavy atom. The van der Waals surface area contributed by atoms with Crippen LogP contribution in [0.15, 0.2) is 83.5 Å². The molecule has 176 valence electrons. The molecule has 8 heteroatoms. The summed E-state index contributed by atoms with van der Waals surface area (Å²) < 4.78 is 42.2. The minimum absolute atomic E-state index is 0.0164. The van der Waals surface area contributed by atoms with E-state index in [1.165, 1.54) is 12.1 Å². The number of amides is 1. The summed E-state index contributed by atoms with van der Waals surface area (Å²) in [7, 11) is -1.02. The van der Waals surface area contributed by atoms with E-state index < -0.39 is 10.1 Å². The van der Waals surface area contributed by atoms with Gasteiger partial charge in [0.2, 0.25) is 0 Å². The average Bonchev–Trinajstić information content (AvgIpc) is 3.13. The predicted molar refractivity (Wildman–Crippen MR) is 128 cm³/mol. The van der Waals surface area contributed by atoms with E-state index in [0.29, 0.717) is 17.1 Å². The third-order valence-electron chi connectivity index (χ3n) is 5.52. The van der Waals surface area contributed by atoms with Crippen molar-refractivity contribution < 1.29 is 26.9 Å². The predicted octanol–water partition coefficient (Wildman–Crippen LogP) is 4.17. The molecule has 1 aliphatic rings. The zero-order valence-corrected chi connectivity index (χ0v) is 20.0. The van der Waals surface area contributed by atoms with Crippen molar-refractivity contribution in [2.24, 2.45) is 0 Å². The molecule has 3 aromatic rings. The van der Waals surface area contributed by atoms with Crippen LogP contribution in [0.5, 0.6) is 11.5 Å². The van der Waals surface area contributed by atoms with E-state index in [0.717, 1.165) is 11.1 Å². The first-order valence-corrected chi connectivity index (χ1v) is 12.0. The molecule has 0 radical (unpaired) electrons. The van der Waals surface area contributed by atoms with Crippen molar-refractivity contribution in [2.45, 2.75) is 18.4 Å². The van der Waals surface area contributed by atoms with Crippen LogP contribution in [-0.4, -0.2) is 40.0 Å². The highest BCUT2D eigenvalue weighted by molar-refractivity contribution is 7.86. The molecular formula is C26H25NO6S. The second-order valence-corrected chi connectivity index (χ2v) is 9.41. The molecule has 0 aromatic heterocycles. The van der Waals surface area contributed by atoms with Gasteiger partial charge in [0, 0.05) is 6.54 Å². The van der Waals surface area contributed by atoms with Crippen molar-refractivity contribution >= 4 is 21.6 Å². The minimum atomic E-state index is -4.11. The van der Waals surface area contributed by atoms with Gasteiger partial charge in [-0.1, -0.05) is 54.1 Å². The maximum Gasteiger partial charge on any atom is 0.338 e. The van der Waals surface area contributed by atoms with E-state index in [1.54, 1.807) is 67.7 Å². The summed E-state index contributed by atoms with van der Waals surface area (Å²) in [6, 6.07) is 20.7. The Balaban J connectivity index is 1.66. The third kappa shape index (κ3) is 4.77. The topological polar surface area (TPSA) is 82.1 Å². The summed E-state index contributed by atoms with van der Waals surface area (Å²) in [5.74, 6) is 0.906. The lowest BCUT2D eigenvalue weighted by Gasteiger charge is -2.18. The maximum atomic E-state index is 13.4. The fraction of sp³-hybridized carbons (Fsp3) is 0.192. The lowest BCUT2D eigenvalue weighted by Crippen LogP contribution is -2.26. The molecule has 7 nitrogen and oxygen atoms in total. The number of ether oxygens (including phenoxy) is 2. The number of carbonyl (C=O) groups excluding carboxylic acids is 1. The lowest BCUT2D eigenvalue weighted by atomic mass is 10.1. The normalized spacial score (nSPS) is 13.9. The molecule has 0 bridgehead atoms. The number of hydrogen-bond acceptors (Lipinski definition) is 6. The highest BCUT2D eigenvalue weighted by atomic mass is 32.2. The Morgan fingerprint density at radius 1 is 0.882 bits per heavy atom. The molecule has 4 rings (SSSR count). The van der Waals surface area contributed by atoms with E-state index in [1.807, 2.05) is 19.1 Å². The second-order valence-electron chi connectivity index (χ2n) is 7.87. The molecule has 3 aromatic carbocycles. The van der Waals surface area contributed by atoms with Crippen LogP contribution in [0.4, 0.5) is 0 Å². The van der Waals surface area contributed by atoms with Gasteiger partial charge in [-0.05, 0) is 42.3 Å². The summed E-state index contributed by atoms with van der Waals surface area (Å²) in [5, 5.41) is 0. The van der Waals surface area contributed by atoms with E-state index in [2.05, 4.69) is 0 Å². The first-order valence-electron chi connectivity index (χ1n) is 10.6. The maximum absolute atomic E-state index is 13.4. The van der Waals surface area contributed by atoms with E-state index >= 15 is 0 Å². The summed E-state index contributed by atoms with van der Waals surface area (Å²) in [4.78, 5) is 15.0. The molecular weight excluding hydrogens is 454 g/mol. The molecule has 0 atom stereocenters. The van der Waals surface area contributed by atoms with Gasteiger partial charge < -0.3 is 18.6 Å². The fourth-order valence-electron chi connectivity index (χ4n) is 3.77. The molecule has 0 saturated carbocycles. The largest absolute Gasteiger partial charge is 0.493 e. The number of nitrogens with zero attached hydrogens (tertiary/aromatic N) is 1. The Hall–Kier alpha value is -3.78. The van der Waals surface area contributed by atoms with Gasteiger partial charge in [0.05, 0.1) is 26.3 Å². The summed E-state index contributed by atoms with van der Waals surface area (Å²) >= 11 is 0. The van der Waals surface area contributed by atoms with Crippen molar-refractivity contribution in [1.82, 2.24) is 4.90 Å². The Morgan fingerprint density at radius 3 is 2.21 bits per heavy atom. The number of aryl methyl sites for hydroxylation is 1. The van der Waals surface area contributed by atoms with Gasteiger partial charge in [-0.2, -0.15) is 8.42 Å². The van der Waals surface area contributed by atoms with Gasteiger partial charge in [-0.15, -0.1) is 0 Å². The summed E-state index contributed by atoms with van der Waals surface area (Å²) in [5.41, 5.74) is 2.56. The molecule has 0 spiro atoms. The first-order chi connectivity index (χ1) is 16.3. The highest BCUT2D eigenvalue weighted by Crippen LogP contribution is 2.34. The van der Waals surface area contributed by atoms with Gasteiger partial charge in [0.25, 0.3) is 5.91 Å². The lowest BCUT2D eigenvalue weighted by molar-refractivity contribution is -0.124. The first kappa shape index (κ1) is 23.4. The standard InChI is InChI=1S/C26H25NO6S/c1-18-9-12-21(13-10-18)34(29,30)33-24-17-27(26(28)25(24)20-7-5-4-6-8-20)16-19-11-14-22(31-2)23(15-19)32-3/h4-15H,16-17H2,1-3H3. The van der Waals surface area contributed by atoms with Crippen LogP contribution in [0.1, 0.15) is 16.7 Å². The Bertz CT molecular complexity index is 1330. The zero-order chi connectivity index (χ0) is 24.3. The Kier molecular flexibility index (Phi) is 6.61. The van der Waals surface area contributed by atoms with Crippen LogP contribution in [0, 0.1) is 6.92 Å². The zero-order valence-electron chi connectivity index (χ0n) is 19.1. The van der Waals surface area contributed by atoms with Crippen LogP contribution in [0.3, 0.4) is 0 Å². The van der Waals surface area contributed by atoms with Crippen molar-refractivity contribution in [3.05, 3.63) is 95.2 Å². The van der Waals surface area contributed by atoms with Crippen molar-refractivity contribution in [3.8, 4) is 11.5 Å². The van der Waals surface area contributed by atoms with E-state index in [4.69, 9.17) is 13.7 Å². The number of benzene rings is 3. The molecule has 1 aliphatic heterocycles. The number of rotatable bonds is 8. The van der Waals surface area contributed by atoms with Crippen LogP contribution < -0.4 is 9.47 Å². The molecule has 0 fully saturated rings. The van der Waals surface area contributed by atoms with Crippen molar-refractivity contribution in [1.29, 1.82) is 0 Å². The smallest absolute Gasteiger partial charge is 0.338 e. The highest BCUT2D eigenvalue weighted by Gasteiger charge is 2.35. The number of methoxy groups -OCH3 is 2. The van der Waals surface area contributed by atoms with Crippen molar-refractivity contribution in [2.75, 3.05) is 20.8 Å². The summed E-state index contributed by atoms with van der Waals surface area (Å²) in [6.45, 7) is 2.13. The van der Waals surface area contributed by atoms with Gasteiger partial charge in [-0.3, -0.25) is 4.79 Å². The van der Waals surface area contributed by atoms with Crippen LogP contribution >= 0.6 is 0 Å². The number of carbonyl (C=O) groups is 1. The fourth-order valence-corrected chi connectivity index (χ4v) is 4.74. The monoisotopic (exact) mass is 479 g/mol. The minimum Gasteiger partial charge on any atom is -0.493 e.